The number of benzene rings is 2. The number of nitrogens with zero attached hydrogens (tertiary/aromatic N) is 2. The molecule has 1 aliphatic rings. The number of hydrogen-bond acceptors (Lipinski definition) is 3. The van der Waals surface area contributed by atoms with E-state index in [0.717, 1.165) is 17.5 Å². The van der Waals surface area contributed by atoms with Crippen LogP contribution in [0.25, 0.3) is 0 Å². The highest BCUT2D eigenvalue weighted by Crippen LogP contribution is 2.42. The van der Waals surface area contributed by atoms with Crippen molar-refractivity contribution >= 4 is 17.8 Å². The van der Waals surface area contributed by atoms with Gasteiger partial charge in [0.25, 0.3) is 0 Å². The predicted molar refractivity (Wildman–Crippen MR) is 108 cm³/mol. The topological polar surface area (TPSA) is 44.7 Å². The molecule has 2 aromatic carbocycles. The fourth-order valence-electron chi connectivity index (χ4n) is 3.68. The Kier molecular flexibility index (Phi) is 5.12. The highest BCUT2D eigenvalue weighted by atomic mass is 16.2. The van der Waals surface area contributed by atoms with Crippen molar-refractivity contribution in [1.82, 2.24) is 5.43 Å². The van der Waals surface area contributed by atoms with Crippen molar-refractivity contribution in [3.8, 4) is 0 Å². The molecule has 1 amide bonds. The second-order valence-corrected chi connectivity index (χ2v) is 7.75. The Morgan fingerprint density at radius 1 is 1.27 bits per heavy atom. The predicted octanol–water partition coefficient (Wildman–Crippen LogP) is 4.10. The number of anilines is 1. The number of carbonyl (C=O) groups is 1. The lowest BCUT2D eigenvalue weighted by atomic mass is 9.80. The van der Waals surface area contributed by atoms with Crippen LogP contribution >= 0.6 is 0 Å². The maximum Gasteiger partial charge on any atom is 0.244 e. The molecule has 1 heterocycles. The van der Waals surface area contributed by atoms with E-state index in [-0.39, 0.29) is 11.4 Å². The van der Waals surface area contributed by atoms with Crippen LogP contribution in [0.5, 0.6) is 0 Å². The zero-order valence-corrected chi connectivity index (χ0v) is 16.0. The molecular formula is C22H27N3O. The van der Waals surface area contributed by atoms with Crippen LogP contribution in [0.3, 0.4) is 0 Å². The molecule has 1 aliphatic heterocycles. The molecule has 1 N–H and O–H groups in total. The molecule has 136 valence electrons. The summed E-state index contributed by atoms with van der Waals surface area (Å²) in [6, 6.07) is 16.1. The second kappa shape index (κ2) is 7.32. The van der Waals surface area contributed by atoms with Gasteiger partial charge in [0.1, 0.15) is 0 Å². The van der Waals surface area contributed by atoms with Crippen molar-refractivity contribution in [2.45, 2.75) is 45.1 Å². The molecule has 26 heavy (non-hydrogen) atoms. The van der Waals surface area contributed by atoms with Crippen LogP contribution in [0, 0.1) is 0 Å². The lowest BCUT2D eigenvalue weighted by molar-refractivity contribution is -0.120. The van der Waals surface area contributed by atoms with Gasteiger partial charge in [-0.2, -0.15) is 5.10 Å². The van der Waals surface area contributed by atoms with Crippen molar-refractivity contribution in [3.05, 3.63) is 65.2 Å². The molecule has 0 fully saturated rings. The van der Waals surface area contributed by atoms with Crippen molar-refractivity contribution in [2.24, 2.45) is 5.10 Å². The van der Waals surface area contributed by atoms with Crippen LogP contribution < -0.4 is 10.3 Å². The molecule has 0 aliphatic carbocycles. The number of rotatable bonds is 4. The van der Waals surface area contributed by atoms with Crippen molar-refractivity contribution < 1.29 is 4.79 Å². The molecule has 0 spiro atoms. The Bertz CT molecular complexity index is 811. The first-order valence-corrected chi connectivity index (χ1v) is 9.10. The van der Waals surface area contributed by atoms with E-state index in [9.17, 15) is 4.79 Å². The third kappa shape index (κ3) is 3.96. The standard InChI is InChI=1S/C22H27N3O/c1-16-14-22(2,3)25(4)20-11-10-18(12-19(16)20)15-23-24-21(26)13-17-8-6-5-7-9-17/h5-12,15-16H,13-14H2,1-4H3,(H,24,26)/b23-15+. The summed E-state index contributed by atoms with van der Waals surface area (Å²) < 4.78 is 0. The first-order valence-electron chi connectivity index (χ1n) is 9.10. The molecule has 2 aromatic rings. The number of fused-ring (bicyclic) bond motifs is 1. The fraction of sp³-hybridized carbons (Fsp3) is 0.364. The molecule has 1 unspecified atom stereocenters. The van der Waals surface area contributed by atoms with Crippen LogP contribution in [0.1, 0.15) is 49.8 Å². The van der Waals surface area contributed by atoms with Crippen molar-refractivity contribution in [1.29, 1.82) is 0 Å². The van der Waals surface area contributed by atoms with E-state index in [4.69, 9.17) is 0 Å². The number of hydrazone groups is 1. The number of amides is 1. The maximum absolute atomic E-state index is 12.0. The molecule has 4 heteroatoms. The van der Waals surface area contributed by atoms with Crippen molar-refractivity contribution in [3.63, 3.8) is 0 Å². The zero-order valence-electron chi connectivity index (χ0n) is 16.0. The van der Waals surface area contributed by atoms with Gasteiger partial charge in [-0.3, -0.25) is 4.79 Å². The van der Waals surface area contributed by atoms with Gasteiger partial charge in [0, 0.05) is 18.3 Å². The third-order valence-corrected chi connectivity index (χ3v) is 5.27. The first-order chi connectivity index (χ1) is 12.4. The maximum atomic E-state index is 12.0. The fourth-order valence-corrected chi connectivity index (χ4v) is 3.68. The van der Waals surface area contributed by atoms with Gasteiger partial charge in [-0.15, -0.1) is 0 Å². The summed E-state index contributed by atoms with van der Waals surface area (Å²) >= 11 is 0. The molecule has 0 saturated heterocycles. The molecule has 0 radical (unpaired) electrons. The summed E-state index contributed by atoms with van der Waals surface area (Å²) in [5.41, 5.74) is 7.37. The van der Waals surface area contributed by atoms with E-state index in [2.05, 4.69) is 61.4 Å². The first kappa shape index (κ1) is 18.2. The highest BCUT2D eigenvalue weighted by molar-refractivity contribution is 5.84. The summed E-state index contributed by atoms with van der Waals surface area (Å²) in [5.74, 6) is 0.387. The lowest BCUT2D eigenvalue weighted by Crippen LogP contribution is -2.45. The Hall–Kier alpha value is -2.62. The molecule has 3 rings (SSSR count). The molecule has 0 aromatic heterocycles. The molecule has 0 saturated carbocycles. The Labute approximate surface area is 155 Å². The Morgan fingerprint density at radius 2 is 2.00 bits per heavy atom. The van der Waals surface area contributed by atoms with E-state index < -0.39 is 0 Å². The third-order valence-electron chi connectivity index (χ3n) is 5.27. The quantitative estimate of drug-likeness (QED) is 0.667. The van der Waals surface area contributed by atoms with Gasteiger partial charge >= 0.3 is 0 Å². The molecule has 0 bridgehead atoms. The second-order valence-electron chi connectivity index (χ2n) is 7.75. The van der Waals surface area contributed by atoms with E-state index in [1.165, 1.54) is 11.3 Å². The summed E-state index contributed by atoms with van der Waals surface area (Å²) in [5, 5.41) is 4.12. The van der Waals surface area contributed by atoms with Crippen LogP contribution in [0.4, 0.5) is 5.69 Å². The normalized spacial score (nSPS) is 18.6. The van der Waals surface area contributed by atoms with Gasteiger partial charge in [-0.25, -0.2) is 5.43 Å². The summed E-state index contributed by atoms with van der Waals surface area (Å²) in [7, 11) is 2.16. The van der Waals surface area contributed by atoms with Gasteiger partial charge in [0.2, 0.25) is 5.91 Å². The van der Waals surface area contributed by atoms with E-state index in [0.29, 0.717) is 12.3 Å². The van der Waals surface area contributed by atoms with Gasteiger partial charge in [-0.1, -0.05) is 43.3 Å². The minimum atomic E-state index is -0.111. The smallest absolute Gasteiger partial charge is 0.244 e. The summed E-state index contributed by atoms with van der Waals surface area (Å²) in [4.78, 5) is 14.3. The molecular weight excluding hydrogens is 322 g/mol. The SMILES string of the molecule is CC1CC(C)(C)N(C)c2ccc(/C=N/NC(=O)Cc3ccccc3)cc21. The minimum absolute atomic E-state index is 0.111. The van der Waals surface area contributed by atoms with Gasteiger partial charge in [0.15, 0.2) is 0 Å². The van der Waals surface area contributed by atoms with Crippen molar-refractivity contribution in [2.75, 3.05) is 11.9 Å². The van der Waals surface area contributed by atoms with Gasteiger partial charge in [0.05, 0.1) is 12.6 Å². The van der Waals surface area contributed by atoms with Crippen LogP contribution in [0.2, 0.25) is 0 Å². The van der Waals surface area contributed by atoms with E-state index in [1.807, 2.05) is 30.3 Å². The number of nitrogens with one attached hydrogen (secondary N) is 1. The van der Waals surface area contributed by atoms with Gasteiger partial charge in [-0.05, 0) is 55.0 Å². The average molecular weight is 349 g/mol. The van der Waals surface area contributed by atoms with Crippen LogP contribution in [-0.2, 0) is 11.2 Å². The van der Waals surface area contributed by atoms with Crippen LogP contribution in [0.15, 0.2) is 53.6 Å². The molecule has 1 atom stereocenters. The minimum Gasteiger partial charge on any atom is -0.369 e. The number of hydrogen-bond donors (Lipinski definition) is 1. The van der Waals surface area contributed by atoms with E-state index in [1.54, 1.807) is 6.21 Å². The summed E-state index contributed by atoms with van der Waals surface area (Å²) in [6.45, 7) is 6.84. The van der Waals surface area contributed by atoms with Gasteiger partial charge < -0.3 is 4.90 Å². The number of carbonyl (C=O) groups excluding carboxylic acids is 1. The lowest BCUT2D eigenvalue weighted by Gasteiger charge is -2.45. The van der Waals surface area contributed by atoms with E-state index >= 15 is 0 Å². The largest absolute Gasteiger partial charge is 0.369 e. The monoisotopic (exact) mass is 349 g/mol. The average Bonchev–Trinajstić information content (AvgIpc) is 2.60. The Balaban J connectivity index is 1.67. The zero-order chi connectivity index (χ0) is 18.7. The Morgan fingerprint density at radius 3 is 2.73 bits per heavy atom. The van der Waals surface area contributed by atoms with Crippen LogP contribution in [-0.4, -0.2) is 24.7 Å². The molecule has 4 nitrogen and oxygen atoms in total. The highest BCUT2D eigenvalue weighted by Gasteiger charge is 2.33. The summed E-state index contributed by atoms with van der Waals surface area (Å²) in [6.07, 6.45) is 3.17.